The molecule has 3 aliphatic heterocycles. The van der Waals surface area contributed by atoms with Crippen molar-refractivity contribution in [1.29, 1.82) is 0 Å². The third-order valence-corrected chi connectivity index (χ3v) is 6.45. The van der Waals surface area contributed by atoms with Crippen molar-refractivity contribution in [2.24, 2.45) is 0 Å². The number of benzene rings is 1. The van der Waals surface area contributed by atoms with Crippen molar-refractivity contribution in [3.63, 3.8) is 0 Å². The second-order valence-corrected chi connectivity index (χ2v) is 8.31. The van der Waals surface area contributed by atoms with Gasteiger partial charge in [-0.2, -0.15) is 5.21 Å². The number of aromatic nitrogens is 4. The minimum atomic E-state index is -0.601. The SMILES string of the molecule is O=C1CCC(N2Cc3cc(CNC4(c5nn[nH]n5)CCNCC4)ccc3C2=O)C(=O)N1. The number of aromatic amines is 1. The Bertz CT molecular complexity index is 1020. The third-order valence-electron chi connectivity index (χ3n) is 6.45. The van der Waals surface area contributed by atoms with Gasteiger partial charge >= 0.3 is 0 Å². The maximum atomic E-state index is 12.9. The van der Waals surface area contributed by atoms with Crippen molar-refractivity contribution >= 4 is 17.7 Å². The highest BCUT2D eigenvalue weighted by atomic mass is 16.2. The van der Waals surface area contributed by atoms with Crippen molar-refractivity contribution in [1.82, 2.24) is 41.5 Å². The summed E-state index contributed by atoms with van der Waals surface area (Å²) in [5.74, 6) is -0.181. The predicted molar refractivity (Wildman–Crippen MR) is 107 cm³/mol. The van der Waals surface area contributed by atoms with E-state index in [0.29, 0.717) is 30.9 Å². The van der Waals surface area contributed by atoms with Crippen LogP contribution in [0.2, 0.25) is 0 Å². The van der Waals surface area contributed by atoms with E-state index in [-0.39, 0.29) is 23.8 Å². The first-order valence-corrected chi connectivity index (χ1v) is 10.5. The van der Waals surface area contributed by atoms with Crippen LogP contribution in [-0.4, -0.2) is 62.4 Å². The van der Waals surface area contributed by atoms with Gasteiger partial charge in [0.15, 0.2) is 5.82 Å². The third kappa shape index (κ3) is 3.59. The molecular formula is C20H24N8O3. The molecule has 0 radical (unpaired) electrons. The van der Waals surface area contributed by atoms with E-state index in [0.717, 1.165) is 37.1 Å². The van der Waals surface area contributed by atoms with Gasteiger partial charge in [0.1, 0.15) is 6.04 Å². The van der Waals surface area contributed by atoms with Crippen LogP contribution in [0, 0.1) is 0 Å². The summed E-state index contributed by atoms with van der Waals surface area (Å²) in [6.07, 6.45) is 2.30. The first-order valence-electron chi connectivity index (χ1n) is 10.5. The fraction of sp³-hybridized carbons (Fsp3) is 0.500. The highest BCUT2D eigenvalue weighted by Crippen LogP contribution is 2.30. The molecule has 162 valence electrons. The van der Waals surface area contributed by atoms with Gasteiger partial charge in [0, 0.05) is 25.1 Å². The summed E-state index contributed by atoms with van der Waals surface area (Å²) in [6.45, 7) is 2.69. The van der Waals surface area contributed by atoms with Gasteiger partial charge in [0.25, 0.3) is 5.91 Å². The maximum absolute atomic E-state index is 12.9. The van der Waals surface area contributed by atoms with Crippen molar-refractivity contribution in [2.45, 2.75) is 50.4 Å². The van der Waals surface area contributed by atoms with Crippen LogP contribution in [0.25, 0.3) is 0 Å². The lowest BCUT2D eigenvalue weighted by atomic mass is 9.87. The Balaban J connectivity index is 1.31. The zero-order valence-electron chi connectivity index (χ0n) is 17.0. The van der Waals surface area contributed by atoms with E-state index in [9.17, 15) is 14.4 Å². The van der Waals surface area contributed by atoms with Crippen LogP contribution >= 0.6 is 0 Å². The number of nitrogens with one attached hydrogen (secondary N) is 4. The lowest BCUT2D eigenvalue weighted by Gasteiger charge is -2.36. The average molecular weight is 424 g/mol. The van der Waals surface area contributed by atoms with Gasteiger partial charge in [-0.25, -0.2) is 0 Å². The molecule has 1 unspecified atom stereocenters. The van der Waals surface area contributed by atoms with Gasteiger partial charge in [0.2, 0.25) is 11.8 Å². The molecule has 31 heavy (non-hydrogen) atoms. The number of carbonyl (C=O) groups is 3. The Labute approximate surface area is 178 Å². The molecule has 0 spiro atoms. The quantitative estimate of drug-likeness (QED) is 0.463. The summed E-state index contributed by atoms with van der Waals surface area (Å²) in [5.41, 5.74) is 2.19. The number of carbonyl (C=O) groups excluding carboxylic acids is 3. The van der Waals surface area contributed by atoms with Crippen LogP contribution in [0.4, 0.5) is 0 Å². The molecule has 1 aromatic heterocycles. The first-order chi connectivity index (χ1) is 15.1. The Morgan fingerprint density at radius 2 is 2.03 bits per heavy atom. The van der Waals surface area contributed by atoms with Crippen molar-refractivity contribution in [3.8, 4) is 0 Å². The second kappa shape index (κ2) is 7.82. The Morgan fingerprint density at radius 3 is 2.77 bits per heavy atom. The Hall–Kier alpha value is -3.18. The van der Waals surface area contributed by atoms with Gasteiger partial charge in [-0.05, 0) is 49.5 Å². The summed E-state index contributed by atoms with van der Waals surface area (Å²) in [6, 6.07) is 5.17. The lowest BCUT2D eigenvalue weighted by molar-refractivity contribution is -0.136. The minimum Gasteiger partial charge on any atom is -0.322 e. The van der Waals surface area contributed by atoms with Crippen LogP contribution in [0.1, 0.15) is 53.0 Å². The number of rotatable bonds is 5. The van der Waals surface area contributed by atoms with E-state index >= 15 is 0 Å². The summed E-state index contributed by atoms with van der Waals surface area (Å²) >= 11 is 0. The number of hydrogen-bond acceptors (Lipinski definition) is 8. The number of fused-ring (bicyclic) bond motifs is 1. The zero-order valence-corrected chi connectivity index (χ0v) is 17.0. The highest BCUT2D eigenvalue weighted by Gasteiger charge is 2.40. The molecule has 11 heteroatoms. The van der Waals surface area contributed by atoms with Crippen LogP contribution in [-0.2, 0) is 28.2 Å². The molecular weight excluding hydrogens is 400 g/mol. The minimum absolute atomic E-state index is 0.161. The van der Waals surface area contributed by atoms with Gasteiger partial charge < -0.3 is 15.5 Å². The number of tetrazole rings is 1. The van der Waals surface area contributed by atoms with E-state index in [4.69, 9.17) is 0 Å². The molecule has 4 heterocycles. The number of hydrogen-bond donors (Lipinski definition) is 4. The van der Waals surface area contributed by atoms with Crippen LogP contribution in [0.3, 0.4) is 0 Å². The van der Waals surface area contributed by atoms with Crippen molar-refractivity contribution in [2.75, 3.05) is 13.1 Å². The summed E-state index contributed by atoms with van der Waals surface area (Å²) in [4.78, 5) is 38.1. The standard InChI is InChI=1S/C20H24N8O3/c29-16-4-3-15(17(30)23-16)28-11-13-9-12(1-2-14(13)18(28)31)10-22-20(5-7-21-8-6-20)19-24-26-27-25-19/h1-2,9,15,21-22H,3-8,10-11H2,(H,23,29,30)(H,24,25,26,27). The number of amides is 3. The number of imide groups is 1. The van der Waals surface area contributed by atoms with Crippen LogP contribution in [0.15, 0.2) is 18.2 Å². The molecule has 2 fully saturated rings. The van der Waals surface area contributed by atoms with Gasteiger partial charge in [-0.3, -0.25) is 19.7 Å². The molecule has 1 atom stereocenters. The molecule has 3 aliphatic rings. The van der Waals surface area contributed by atoms with E-state index in [1.165, 1.54) is 0 Å². The number of piperidine rings is 2. The summed E-state index contributed by atoms with van der Waals surface area (Å²) < 4.78 is 0. The number of nitrogens with zero attached hydrogens (tertiary/aromatic N) is 4. The van der Waals surface area contributed by atoms with E-state index in [2.05, 4.69) is 36.6 Å². The van der Waals surface area contributed by atoms with Crippen molar-refractivity contribution in [3.05, 3.63) is 40.7 Å². The molecule has 2 aromatic rings. The molecule has 11 nitrogen and oxygen atoms in total. The molecule has 0 bridgehead atoms. The smallest absolute Gasteiger partial charge is 0.255 e. The molecule has 0 saturated carbocycles. The highest BCUT2D eigenvalue weighted by molar-refractivity contribution is 6.05. The van der Waals surface area contributed by atoms with Gasteiger partial charge in [0.05, 0.1) is 5.54 Å². The van der Waals surface area contributed by atoms with E-state index in [1.54, 1.807) is 4.90 Å². The van der Waals surface area contributed by atoms with Crippen LogP contribution in [0.5, 0.6) is 0 Å². The first kappa shape index (κ1) is 19.8. The zero-order chi connectivity index (χ0) is 21.4. The monoisotopic (exact) mass is 424 g/mol. The fourth-order valence-electron chi connectivity index (χ4n) is 4.71. The van der Waals surface area contributed by atoms with E-state index in [1.807, 2.05) is 18.2 Å². The van der Waals surface area contributed by atoms with E-state index < -0.39 is 11.9 Å². The van der Waals surface area contributed by atoms with Crippen LogP contribution < -0.4 is 16.0 Å². The summed E-state index contributed by atoms with van der Waals surface area (Å²) in [7, 11) is 0. The summed E-state index contributed by atoms with van der Waals surface area (Å²) in [5, 5.41) is 24.0. The van der Waals surface area contributed by atoms with Crippen molar-refractivity contribution < 1.29 is 14.4 Å². The predicted octanol–water partition coefficient (Wildman–Crippen LogP) is -0.671. The Morgan fingerprint density at radius 1 is 1.19 bits per heavy atom. The second-order valence-electron chi connectivity index (χ2n) is 8.31. The molecule has 0 aliphatic carbocycles. The maximum Gasteiger partial charge on any atom is 0.255 e. The molecule has 2 saturated heterocycles. The normalized spacial score (nSPS) is 23.0. The molecule has 3 amide bonds. The average Bonchev–Trinajstić information content (AvgIpc) is 3.42. The largest absolute Gasteiger partial charge is 0.322 e. The molecule has 1 aromatic carbocycles. The molecule has 4 N–H and O–H groups in total. The Kier molecular flexibility index (Phi) is 4.98. The lowest BCUT2D eigenvalue weighted by Crippen LogP contribution is -2.52. The topological polar surface area (TPSA) is 145 Å². The van der Waals surface area contributed by atoms with Gasteiger partial charge in [-0.1, -0.05) is 17.3 Å². The molecule has 5 rings (SSSR count). The number of H-pyrrole nitrogens is 1. The fourth-order valence-corrected chi connectivity index (χ4v) is 4.71. The van der Waals surface area contributed by atoms with Gasteiger partial charge in [-0.15, -0.1) is 10.2 Å².